The summed E-state index contributed by atoms with van der Waals surface area (Å²) in [5.41, 5.74) is 4.40. The number of likely N-dealkylation sites (tertiary alicyclic amines) is 1. The van der Waals surface area contributed by atoms with Crippen molar-refractivity contribution in [2.45, 2.75) is 38.5 Å². The quantitative estimate of drug-likeness (QED) is 0.161. The van der Waals surface area contributed by atoms with Crippen molar-refractivity contribution in [1.82, 2.24) is 4.90 Å². The molecule has 2 aliphatic heterocycles. The highest BCUT2D eigenvalue weighted by molar-refractivity contribution is 6.46. The molecule has 0 spiro atoms. The summed E-state index contributed by atoms with van der Waals surface area (Å²) in [6, 6.07) is 31.8. The van der Waals surface area contributed by atoms with Gasteiger partial charge in [0, 0.05) is 18.5 Å². The van der Waals surface area contributed by atoms with Crippen LogP contribution in [0.25, 0.3) is 5.76 Å². The molecule has 0 aliphatic carbocycles. The molecule has 1 N–H and O–H groups in total. The summed E-state index contributed by atoms with van der Waals surface area (Å²) in [5.74, 6) is -0.0287. The molecule has 0 saturated carbocycles. The van der Waals surface area contributed by atoms with Gasteiger partial charge >= 0.3 is 0 Å². The minimum absolute atomic E-state index is 0.0496. The number of amides is 1. The van der Waals surface area contributed by atoms with Crippen LogP contribution in [0, 0.1) is 0 Å². The molecular formula is C35H31NO5. The van der Waals surface area contributed by atoms with Crippen LogP contribution < -0.4 is 9.47 Å². The number of benzene rings is 4. The summed E-state index contributed by atoms with van der Waals surface area (Å²) in [4.78, 5) is 28.4. The van der Waals surface area contributed by atoms with E-state index in [0.29, 0.717) is 30.9 Å². The Balaban J connectivity index is 1.34. The third kappa shape index (κ3) is 5.46. The largest absolute Gasteiger partial charge is 0.507 e. The highest BCUT2D eigenvalue weighted by Gasteiger charge is 2.46. The van der Waals surface area contributed by atoms with Gasteiger partial charge in [0.2, 0.25) is 0 Å². The molecular weight excluding hydrogens is 514 g/mol. The molecule has 0 bridgehead atoms. The number of aliphatic hydroxyl groups excluding tert-OH is 1. The summed E-state index contributed by atoms with van der Waals surface area (Å²) < 4.78 is 11.8. The van der Waals surface area contributed by atoms with E-state index in [0.717, 1.165) is 34.4 Å². The summed E-state index contributed by atoms with van der Waals surface area (Å²) >= 11 is 0. The van der Waals surface area contributed by atoms with Crippen molar-refractivity contribution < 1.29 is 24.2 Å². The lowest BCUT2D eigenvalue weighted by Gasteiger charge is -2.25. The number of rotatable bonds is 8. The third-order valence-corrected chi connectivity index (χ3v) is 7.64. The highest BCUT2D eigenvalue weighted by atomic mass is 16.5. The zero-order valence-electron chi connectivity index (χ0n) is 22.8. The Hall–Kier alpha value is -4.84. The van der Waals surface area contributed by atoms with Crippen molar-refractivity contribution in [2.24, 2.45) is 0 Å². The van der Waals surface area contributed by atoms with Crippen molar-refractivity contribution in [3.63, 3.8) is 0 Å². The minimum Gasteiger partial charge on any atom is -0.507 e. The minimum atomic E-state index is -0.731. The van der Waals surface area contributed by atoms with Crippen molar-refractivity contribution in [3.05, 3.63) is 137 Å². The van der Waals surface area contributed by atoms with E-state index >= 15 is 0 Å². The van der Waals surface area contributed by atoms with E-state index in [1.807, 2.05) is 104 Å². The number of ether oxygens (including phenoxy) is 2. The monoisotopic (exact) mass is 545 g/mol. The maximum atomic E-state index is 13.5. The average Bonchev–Trinajstić information content (AvgIpc) is 3.50. The van der Waals surface area contributed by atoms with E-state index in [-0.39, 0.29) is 17.4 Å². The standard InChI is InChI=1S/C35H31NO5/c1-23-20-28-21-27(14-17-30(28)41-23)33(37)31-32(36(35(39)34(31)38)19-18-24-8-4-2-5-9-24)26-12-15-29(16-13-26)40-22-25-10-6-3-7-11-25/h2-17,21,23,32,37H,18-20,22H2,1H3/t23-,32-/m0/s1. The van der Waals surface area contributed by atoms with Gasteiger partial charge in [-0.05, 0) is 65.9 Å². The molecule has 4 aromatic rings. The molecule has 0 unspecified atom stereocenters. The van der Waals surface area contributed by atoms with Crippen LogP contribution in [0.4, 0.5) is 0 Å². The first-order chi connectivity index (χ1) is 20.0. The predicted molar refractivity (Wildman–Crippen MR) is 157 cm³/mol. The number of nitrogens with zero attached hydrogens (tertiary/aromatic N) is 1. The molecule has 2 heterocycles. The number of hydrogen-bond donors (Lipinski definition) is 1. The topological polar surface area (TPSA) is 76.1 Å². The Kier molecular flexibility index (Phi) is 7.30. The second kappa shape index (κ2) is 11.3. The van der Waals surface area contributed by atoms with Crippen molar-refractivity contribution >= 4 is 17.4 Å². The molecule has 2 aliphatic rings. The molecule has 4 aromatic carbocycles. The van der Waals surface area contributed by atoms with Gasteiger partial charge in [0.05, 0.1) is 11.6 Å². The predicted octanol–water partition coefficient (Wildman–Crippen LogP) is 6.25. The molecule has 1 fully saturated rings. The van der Waals surface area contributed by atoms with Gasteiger partial charge in [-0.25, -0.2) is 0 Å². The van der Waals surface area contributed by atoms with Crippen molar-refractivity contribution in [2.75, 3.05) is 6.54 Å². The van der Waals surface area contributed by atoms with E-state index in [1.165, 1.54) is 0 Å². The van der Waals surface area contributed by atoms with E-state index in [1.54, 1.807) is 11.0 Å². The Morgan fingerprint density at radius 1 is 0.902 bits per heavy atom. The van der Waals surface area contributed by atoms with Crippen LogP contribution in [0.15, 0.2) is 109 Å². The first kappa shape index (κ1) is 26.4. The number of aliphatic hydroxyl groups is 1. The van der Waals surface area contributed by atoms with Crippen LogP contribution in [-0.4, -0.2) is 34.3 Å². The van der Waals surface area contributed by atoms with Gasteiger partial charge in [-0.15, -0.1) is 0 Å². The van der Waals surface area contributed by atoms with E-state index in [9.17, 15) is 14.7 Å². The maximum Gasteiger partial charge on any atom is 0.295 e. The van der Waals surface area contributed by atoms with Gasteiger partial charge in [-0.2, -0.15) is 0 Å². The number of hydrogen-bond acceptors (Lipinski definition) is 5. The van der Waals surface area contributed by atoms with E-state index in [4.69, 9.17) is 9.47 Å². The fourth-order valence-electron chi connectivity index (χ4n) is 5.56. The first-order valence-corrected chi connectivity index (χ1v) is 13.9. The maximum absolute atomic E-state index is 13.5. The number of carbonyl (C=O) groups is 2. The molecule has 1 saturated heterocycles. The van der Waals surface area contributed by atoms with Crippen LogP contribution in [0.3, 0.4) is 0 Å². The van der Waals surface area contributed by atoms with Crippen molar-refractivity contribution in [3.8, 4) is 11.5 Å². The number of carbonyl (C=O) groups excluding carboxylic acids is 2. The van der Waals surface area contributed by atoms with Crippen LogP contribution in [0.2, 0.25) is 0 Å². The van der Waals surface area contributed by atoms with Gasteiger partial charge in [0.15, 0.2) is 0 Å². The number of fused-ring (bicyclic) bond motifs is 1. The van der Waals surface area contributed by atoms with E-state index < -0.39 is 17.7 Å². The Labute approximate surface area is 239 Å². The second-order valence-corrected chi connectivity index (χ2v) is 10.5. The number of Topliss-reactive ketones (excluding diaryl/α,β-unsaturated/α-hetero) is 1. The Bertz CT molecular complexity index is 1600. The molecule has 6 heteroatoms. The SMILES string of the molecule is C[C@H]1Cc2cc(C(O)=C3C(=O)C(=O)N(CCc4ccccc4)[C@H]3c3ccc(OCc4ccccc4)cc3)ccc2O1. The molecule has 6 rings (SSSR count). The Morgan fingerprint density at radius 2 is 1.59 bits per heavy atom. The van der Waals surface area contributed by atoms with Crippen LogP contribution in [0.1, 0.15) is 40.8 Å². The van der Waals surface area contributed by atoms with Gasteiger partial charge < -0.3 is 19.5 Å². The van der Waals surface area contributed by atoms with Crippen LogP contribution in [0.5, 0.6) is 11.5 Å². The van der Waals surface area contributed by atoms with Gasteiger partial charge in [0.1, 0.15) is 30.0 Å². The normalized spacial score (nSPS) is 19.2. The molecule has 2 atom stereocenters. The fourth-order valence-corrected chi connectivity index (χ4v) is 5.56. The van der Waals surface area contributed by atoms with Crippen LogP contribution in [-0.2, 0) is 29.0 Å². The molecule has 206 valence electrons. The van der Waals surface area contributed by atoms with Crippen LogP contribution >= 0.6 is 0 Å². The van der Waals surface area contributed by atoms with Gasteiger partial charge in [-0.3, -0.25) is 9.59 Å². The highest BCUT2D eigenvalue weighted by Crippen LogP contribution is 2.41. The summed E-state index contributed by atoms with van der Waals surface area (Å²) in [5, 5.41) is 11.5. The lowest BCUT2D eigenvalue weighted by atomic mass is 9.94. The number of ketones is 1. The summed E-state index contributed by atoms with van der Waals surface area (Å²) in [6.45, 7) is 2.75. The zero-order valence-corrected chi connectivity index (χ0v) is 22.8. The molecule has 41 heavy (non-hydrogen) atoms. The third-order valence-electron chi connectivity index (χ3n) is 7.64. The molecule has 0 aromatic heterocycles. The smallest absolute Gasteiger partial charge is 0.295 e. The zero-order chi connectivity index (χ0) is 28.3. The lowest BCUT2D eigenvalue weighted by molar-refractivity contribution is -0.139. The Morgan fingerprint density at radius 3 is 2.29 bits per heavy atom. The van der Waals surface area contributed by atoms with Gasteiger partial charge in [0.25, 0.3) is 11.7 Å². The molecule has 6 nitrogen and oxygen atoms in total. The lowest BCUT2D eigenvalue weighted by Crippen LogP contribution is -2.31. The summed E-state index contributed by atoms with van der Waals surface area (Å²) in [6.07, 6.45) is 1.35. The van der Waals surface area contributed by atoms with Crippen molar-refractivity contribution in [1.29, 1.82) is 0 Å². The molecule has 1 amide bonds. The first-order valence-electron chi connectivity index (χ1n) is 13.9. The average molecular weight is 546 g/mol. The molecule has 0 radical (unpaired) electrons. The summed E-state index contributed by atoms with van der Waals surface area (Å²) in [7, 11) is 0. The fraction of sp³-hybridized carbons (Fsp3) is 0.200. The van der Waals surface area contributed by atoms with Gasteiger partial charge in [-0.1, -0.05) is 72.8 Å². The van der Waals surface area contributed by atoms with E-state index in [2.05, 4.69) is 0 Å². The second-order valence-electron chi connectivity index (χ2n) is 10.5.